The predicted molar refractivity (Wildman–Crippen MR) is 193 cm³/mol. The number of ether oxygens (including phenoxy) is 3. The predicted octanol–water partition coefficient (Wildman–Crippen LogP) is 8.51. The Bertz CT molecular complexity index is 2120. The van der Waals surface area contributed by atoms with Crippen molar-refractivity contribution in [2.24, 2.45) is 7.05 Å². The van der Waals surface area contributed by atoms with E-state index in [9.17, 15) is 9.90 Å². The molecule has 6 aromatic rings. The zero-order valence-corrected chi connectivity index (χ0v) is 29.2. The normalized spacial score (nSPS) is 11.4. The first-order valence-corrected chi connectivity index (χ1v) is 17.1. The van der Waals surface area contributed by atoms with Crippen molar-refractivity contribution in [3.05, 3.63) is 106 Å². The fourth-order valence-corrected chi connectivity index (χ4v) is 7.58. The van der Waals surface area contributed by atoms with Crippen LogP contribution < -0.4 is 9.47 Å². The number of aromatic nitrogens is 3. The van der Waals surface area contributed by atoms with Crippen molar-refractivity contribution in [2.75, 3.05) is 20.8 Å². The van der Waals surface area contributed by atoms with E-state index in [1.54, 1.807) is 30.6 Å². The Balaban J connectivity index is 1.28. The Kier molecular flexibility index (Phi) is 10.0. The lowest BCUT2D eigenvalue weighted by Crippen LogP contribution is -2.13. The van der Waals surface area contributed by atoms with E-state index < -0.39 is 5.97 Å². The molecule has 0 saturated heterocycles. The number of hydrogen-bond donors (Lipinski definition) is 1. The van der Waals surface area contributed by atoms with Crippen molar-refractivity contribution in [1.82, 2.24) is 14.3 Å². The van der Waals surface area contributed by atoms with Crippen LogP contribution in [0.2, 0.25) is 5.02 Å². The summed E-state index contributed by atoms with van der Waals surface area (Å²) < 4.78 is 20.7. The molecular formula is C38H38ClN3O5S. The first-order valence-electron chi connectivity index (χ1n) is 15.7. The van der Waals surface area contributed by atoms with E-state index in [-0.39, 0.29) is 6.61 Å². The average molecular weight is 684 g/mol. The van der Waals surface area contributed by atoms with E-state index in [2.05, 4.69) is 41.5 Å². The van der Waals surface area contributed by atoms with Gasteiger partial charge in [-0.25, -0.2) is 4.79 Å². The largest absolute Gasteiger partial charge is 0.497 e. The standard InChI is InChI=1S/C38H38ClN3O5S/c1-23-34-31(16-15-30(39)36(34)35-24(2)40-41(3)32(35)21-43)42(37(23)38(44)46-5)17-8-18-47-33-20-28(19-26-9-6-7-10-29(26)33)48-22-25-11-13-27(45-4)14-12-25/h6-7,9-16,19-20,43H,8,17-18,21-22H2,1-5H3. The number of rotatable bonds is 12. The number of aryl methyl sites for hydroxylation is 4. The van der Waals surface area contributed by atoms with Gasteiger partial charge in [0.1, 0.15) is 17.2 Å². The number of fused-ring (bicyclic) bond motifs is 2. The second-order valence-electron chi connectivity index (χ2n) is 11.6. The second-order valence-corrected chi connectivity index (χ2v) is 13.1. The molecule has 0 aliphatic heterocycles. The molecule has 0 unspecified atom stereocenters. The van der Waals surface area contributed by atoms with Gasteiger partial charge in [-0.2, -0.15) is 5.10 Å². The number of hydrogen-bond acceptors (Lipinski definition) is 7. The third-order valence-electron chi connectivity index (χ3n) is 8.69. The van der Waals surface area contributed by atoms with Gasteiger partial charge in [-0.1, -0.05) is 48.0 Å². The van der Waals surface area contributed by atoms with Crippen molar-refractivity contribution < 1.29 is 24.1 Å². The molecule has 0 aliphatic carbocycles. The van der Waals surface area contributed by atoms with E-state index in [0.29, 0.717) is 36.0 Å². The third kappa shape index (κ3) is 6.38. The van der Waals surface area contributed by atoms with Crippen LogP contribution >= 0.6 is 23.4 Å². The van der Waals surface area contributed by atoms with E-state index >= 15 is 0 Å². The first kappa shape index (κ1) is 33.5. The number of carbonyl (C=O) groups excluding carboxylic acids is 1. The van der Waals surface area contributed by atoms with Crippen LogP contribution in [-0.2, 0) is 30.7 Å². The fraction of sp³-hybridized carbons (Fsp3) is 0.263. The number of halogens is 1. The SMILES string of the molecule is COC(=O)c1c(C)c2c(-c3c(C)nn(C)c3CO)c(Cl)ccc2n1CCCOc1cc(SCc2ccc(OC)cc2)cc2ccccc12. The summed E-state index contributed by atoms with van der Waals surface area (Å²) in [5.41, 5.74) is 6.20. The molecule has 0 atom stereocenters. The zero-order valence-electron chi connectivity index (χ0n) is 27.7. The Morgan fingerprint density at radius 1 is 1.00 bits per heavy atom. The highest BCUT2D eigenvalue weighted by molar-refractivity contribution is 7.98. The van der Waals surface area contributed by atoms with Gasteiger partial charge < -0.3 is 23.9 Å². The van der Waals surface area contributed by atoms with Gasteiger partial charge in [-0.3, -0.25) is 4.68 Å². The highest BCUT2D eigenvalue weighted by Crippen LogP contribution is 2.42. The van der Waals surface area contributed by atoms with Gasteiger partial charge in [0.2, 0.25) is 0 Å². The minimum Gasteiger partial charge on any atom is -0.497 e. The minimum absolute atomic E-state index is 0.198. The zero-order chi connectivity index (χ0) is 33.9. The summed E-state index contributed by atoms with van der Waals surface area (Å²) in [6.07, 6.45) is 0.635. The van der Waals surface area contributed by atoms with Crippen LogP contribution in [0.3, 0.4) is 0 Å². The molecular weight excluding hydrogens is 646 g/mol. The van der Waals surface area contributed by atoms with Gasteiger partial charge in [0.15, 0.2) is 0 Å². The van der Waals surface area contributed by atoms with E-state index in [4.69, 9.17) is 25.8 Å². The summed E-state index contributed by atoms with van der Waals surface area (Å²) in [4.78, 5) is 14.3. The lowest BCUT2D eigenvalue weighted by Gasteiger charge is -2.14. The summed E-state index contributed by atoms with van der Waals surface area (Å²) >= 11 is 8.61. The molecule has 6 rings (SSSR count). The summed E-state index contributed by atoms with van der Waals surface area (Å²) in [6, 6.07) is 24.4. The molecule has 48 heavy (non-hydrogen) atoms. The molecule has 0 bridgehead atoms. The highest BCUT2D eigenvalue weighted by Gasteiger charge is 2.27. The third-order valence-corrected chi connectivity index (χ3v) is 10.1. The van der Waals surface area contributed by atoms with Gasteiger partial charge in [0.05, 0.1) is 38.8 Å². The molecule has 0 spiro atoms. The van der Waals surface area contributed by atoms with Crippen LogP contribution in [-0.4, -0.2) is 46.2 Å². The molecule has 0 aliphatic rings. The monoisotopic (exact) mass is 683 g/mol. The quantitative estimate of drug-likeness (QED) is 0.0786. The summed E-state index contributed by atoms with van der Waals surface area (Å²) in [6.45, 7) is 4.55. The number of methoxy groups -OCH3 is 2. The van der Waals surface area contributed by atoms with E-state index in [1.165, 1.54) is 12.7 Å². The Hall–Kier alpha value is -4.44. The van der Waals surface area contributed by atoms with Crippen molar-refractivity contribution >= 4 is 51.0 Å². The molecule has 0 radical (unpaired) electrons. The van der Waals surface area contributed by atoms with Crippen LogP contribution in [0.5, 0.6) is 11.5 Å². The summed E-state index contributed by atoms with van der Waals surface area (Å²) in [7, 11) is 4.86. The van der Waals surface area contributed by atoms with Crippen molar-refractivity contribution in [3.8, 4) is 22.6 Å². The Morgan fingerprint density at radius 2 is 1.77 bits per heavy atom. The van der Waals surface area contributed by atoms with Crippen LogP contribution in [0.4, 0.5) is 0 Å². The molecule has 10 heteroatoms. The van der Waals surface area contributed by atoms with Gasteiger partial charge >= 0.3 is 5.97 Å². The molecule has 8 nitrogen and oxygen atoms in total. The average Bonchev–Trinajstić information content (AvgIpc) is 3.55. The number of esters is 1. The molecule has 4 aromatic carbocycles. The van der Waals surface area contributed by atoms with Gasteiger partial charge in [-0.15, -0.1) is 11.8 Å². The summed E-state index contributed by atoms with van der Waals surface area (Å²) in [5.74, 6) is 2.06. The van der Waals surface area contributed by atoms with E-state index in [1.807, 2.05) is 54.8 Å². The van der Waals surface area contributed by atoms with Crippen molar-refractivity contribution in [2.45, 2.75) is 44.1 Å². The highest BCUT2D eigenvalue weighted by atomic mass is 35.5. The second kappa shape index (κ2) is 14.4. The molecule has 2 aromatic heterocycles. The summed E-state index contributed by atoms with van der Waals surface area (Å²) in [5, 5.41) is 18.3. The van der Waals surface area contributed by atoms with Crippen LogP contribution in [0.15, 0.2) is 77.7 Å². The first-order chi connectivity index (χ1) is 23.2. The maximum Gasteiger partial charge on any atom is 0.354 e. The number of thioether (sulfide) groups is 1. The molecule has 248 valence electrons. The molecule has 0 amide bonds. The van der Waals surface area contributed by atoms with E-state index in [0.717, 1.165) is 66.2 Å². The van der Waals surface area contributed by atoms with Crippen LogP contribution in [0.1, 0.15) is 39.4 Å². The van der Waals surface area contributed by atoms with Crippen LogP contribution in [0.25, 0.3) is 32.8 Å². The Labute approximate surface area is 289 Å². The number of aliphatic hydroxyl groups excluding tert-OH is 1. The van der Waals surface area contributed by atoms with Crippen molar-refractivity contribution in [3.63, 3.8) is 0 Å². The molecule has 0 fully saturated rings. The number of nitrogens with zero attached hydrogens (tertiary/aromatic N) is 3. The molecule has 1 N–H and O–H groups in total. The van der Waals surface area contributed by atoms with Crippen molar-refractivity contribution in [1.29, 1.82) is 0 Å². The Morgan fingerprint density at radius 3 is 2.50 bits per heavy atom. The number of benzene rings is 4. The smallest absolute Gasteiger partial charge is 0.354 e. The maximum atomic E-state index is 13.2. The van der Waals surface area contributed by atoms with Gasteiger partial charge in [-0.05, 0) is 73.2 Å². The molecule has 2 heterocycles. The maximum absolute atomic E-state index is 13.2. The number of carbonyl (C=O) groups is 1. The lowest BCUT2D eigenvalue weighted by atomic mass is 9.97. The molecule has 0 saturated carbocycles. The number of aliphatic hydroxyl groups is 1. The topological polar surface area (TPSA) is 87.7 Å². The fourth-order valence-electron chi connectivity index (χ4n) is 6.41. The van der Waals surface area contributed by atoms with Gasteiger partial charge in [0.25, 0.3) is 0 Å². The lowest BCUT2D eigenvalue weighted by molar-refractivity contribution is 0.0587. The van der Waals surface area contributed by atoms with Crippen LogP contribution in [0, 0.1) is 13.8 Å². The minimum atomic E-state index is -0.426. The van der Waals surface area contributed by atoms with Gasteiger partial charge in [0, 0.05) is 56.7 Å².